The van der Waals surface area contributed by atoms with E-state index in [-0.39, 0.29) is 0 Å². The van der Waals surface area contributed by atoms with Crippen molar-refractivity contribution in [3.05, 3.63) is 35.9 Å². The number of hydrogen-bond acceptors (Lipinski definition) is 3. The van der Waals surface area contributed by atoms with Gasteiger partial charge in [0.05, 0.1) is 0 Å². The Balaban J connectivity index is 2.67. The highest BCUT2D eigenvalue weighted by molar-refractivity contribution is 5.85. The largest absolute Gasteiger partial charge is 0.444 e. The van der Waals surface area contributed by atoms with Crippen LogP contribution in [0.25, 0.3) is 6.08 Å². The molecule has 1 aromatic carbocycles. The lowest BCUT2D eigenvalue weighted by Gasteiger charge is -2.19. The number of nitrogens with two attached hydrogens (primary N) is 1. The van der Waals surface area contributed by atoms with Gasteiger partial charge in [-0.05, 0) is 38.5 Å². The van der Waals surface area contributed by atoms with Crippen molar-refractivity contribution in [1.29, 1.82) is 0 Å². The van der Waals surface area contributed by atoms with E-state index in [9.17, 15) is 4.79 Å². The highest BCUT2D eigenvalue weighted by atomic mass is 16.6. The number of amides is 1. The zero-order valence-electron chi connectivity index (χ0n) is 11.1. The number of carbonyl (C=O) groups is 1. The molecule has 1 aromatic rings. The molecule has 1 rings (SSSR count). The van der Waals surface area contributed by atoms with Crippen LogP contribution in [0.5, 0.6) is 0 Å². The van der Waals surface area contributed by atoms with Crippen LogP contribution in [0.2, 0.25) is 0 Å². The molecule has 3 N–H and O–H groups in total. The van der Waals surface area contributed by atoms with Crippen molar-refractivity contribution in [3.63, 3.8) is 0 Å². The molecule has 0 spiro atoms. The van der Waals surface area contributed by atoms with E-state index in [4.69, 9.17) is 10.5 Å². The summed E-state index contributed by atoms with van der Waals surface area (Å²) in [4.78, 5) is 11.6. The maximum Gasteiger partial charge on any atom is 0.412 e. The van der Waals surface area contributed by atoms with E-state index >= 15 is 0 Å². The van der Waals surface area contributed by atoms with E-state index in [1.165, 1.54) is 0 Å². The van der Waals surface area contributed by atoms with Gasteiger partial charge in [-0.2, -0.15) is 0 Å². The molecule has 0 fully saturated rings. The molecule has 0 saturated heterocycles. The maximum absolute atomic E-state index is 11.6. The minimum absolute atomic E-state index is 0.456. The van der Waals surface area contributed by atoms with Gasteiger partial charge in [-0.15, -0.1) is 0 Å². The van der Waals surface area contributed by atoms with Gasteiger partial charge in [-0.3, -0.25) is 5.32 Å². The Morgan fingerprint density at radius 2 is 2.17 bits per heavy atom. The number of hydrogen-bond donors (Lipinski definition) is 2. The third kappa shape index (κ3) is 5.50. The Kier molecular flexibility index (Phi) is 4.92. The summed E-state index contributed by atoms with van der Waals surface area (Å²) < 4.78 is 5.17. The lowest BCUT2D eigenvalue weighted by Crippen LogP contribution is -2.27. The highest BCUT2D eigenvalue weighted by Gasteiger charge is 2.15. The average Bonchev–Trinajstić information content (AvgIpc) is 2.24. The molecule has 0 radical (unpaired) electrons. The first kappa shape index (κ1) is 14.3. The predicted octanol–water partition coefficient (Wildman–Crippen LogP) is 3.01. The third-order valence-corrected chi connectivity index (χ3v) is 1.98. The molecule has 0 bridgehead atoms. The number of anilines is 1. The second-order valence-electron chi connectivity index (χ2n) is 4.89. The molecule has 0 heterocycles. The van der Waals surface area contributed by atoms with Crippen molar-refractivity contribution in [2.75, 3.05) is 11.9 Å². The summed E-state index contributed by atoms with van der Waals surface area (Å²) in [6.07, 6.45) is 3.30. The van der Waals surface area contributed by atoms with Gasteiger partial charge in [0.25, 0.3) is 0 Å². The maximum atomic E-state index is 11.6. The van der Waals surface area contributed by atoms with E-state index < -0.39 is 11.7 Å². The summed E-state index contributed by atoms with van der Waals surface area (Å²) in [5.74, 6) is 0. The molecule has 18 heavy (non-hydrogen) atoms. The Bertz CT molecular complexity index is 434. The van der Waals surface area contributed by atoms with Crippen molar-refractivity contribution in [1.82, 2.24) is 0 Å². The van der Waals surface area contributed by atoms with Crippen molar-refractivity contribution in [2.24, 2.45) is 5.73 Å². The summed E-state index contributed by atoms with van der Waals surface area (Å²) >= 11 is 0. The van der Waals surface area contributed by atoms with E-state index in [2.05, 4.69) is 5.32 Å². The molecule has 0 aliphatic heterocycles. The Morgan fingerprint density at radius 1 is 1.44 bits per heavy atom. The fourth-order valence-corrected chi connectivity index (χ4v) is 1.35. The van der Waals surface area contributed by atoms with Crippen LogP contribution in [-0.4, -0.2) is 18.2 Å². The van der Waals surface area contributed by atoms with Crippen molar-refractivity contribution < 1.29 is 9.53 Å². The second kappa shape index (κ2) is 6.21. The van der Waals surface area contributed by atoms with Crippen LogP contribution < -0.4 is 11.1 Å². The monoisotopic (exact) mass is 248 g/mol. The predicted molar refractivity (Wildman–Crippen MR) is 74.4 cm³/mol. The van der Waals surface area contributed by atoms with Gasteiger partial charge in [0.1, 0.15) is 5.60 Å². The van der Waals surface area contributed by atoms with E-state index in [1.807, 2.05) is 57.2 Å². The molecular weight excluding hydrogens is 228 g/mol. The standard InChI is InChI=1S/C14H20N2O2/c1-14(2,3)18-13(17)16-12-8-4-6-11(10-12)7-5-9-15/h4-8,10H,9,15H2,1-3H3,(H,16,17)/b7-5+. The van der Waals surface area contributed by atoms with Crippen LogP contribution in [-0.2, 0) is 4.74 Å². The molecular formula is C14H20N2O2. The topological polar surface area (TPSA) is 64.3 Å². The van der Waals surface area contributed by atoms with Gasteiger partial charge >= 0.3 is 6.09 Å². The van der Waals surface area contributed by atoms with Crippen LogP contribution in [0.1, 0.15) is 26.3 Å². The summed E-state index contributed by atoms with van der Waals surface area (Å²) in [5.41, 5.74) is 6.57. The quantitative estimate of drug-likeness (QED) is 0.864. The number of nitrogens with one attached hydrogen (secondary N) is 1. The smallest absolute Gasteiger partial charge is 0.412 e. The first-order valence-electron chi connectivity index (χ1n) is 5.87. The number of benzene rings is 1. The molecule has 0 atom stereocenters. The molecule has 0 unspecified atom stereocenters. The first-order valence-corrected chi connectivity index (χ1v) is 5.87. The number of carbonyl (C=O) groups excluding carboxylic acids is 1. The minimum atomic E-state index is -0.499. The van der Waals surface area contributed by atoms with E-state index in [0.29, 0.717) is 12.2 Å². The Morgan fingerprint density at radius 3 is 2.78 bits per heavy atom. The summed E-state index contributed by atoms with van der Waals surface area (Å²) in [6, 6.07) is 7.47. The normalized spacial score (nSPS) is 11.6. The van der Waals surface area contributed by atoms with Crippen LogP contribution in [0.3, 0.4) is 0 Å². The Labute approximate surface area is 108 Å². The summed E-state index contributed by atoms with van der Waals surface area (Å²) in [6.45, 7) is 5.97. The minimum Gasteiger partial charge on any atom is -0.444 e. The number of rotatable bonds is 3. The molecule has 0 aromatic heterocycles. The van der Waals surface area contributed by atoms with Gasteiger partial charge < -0.3 is 10.5 Å². The lowest BCUT2D eigenvalue weighted by molar-refractivity contribution is 0.0636. The molecule has 0 aliphatic carbocycles. The Hall–Kier alpha value is -1.81. The van der Waals surface area contributed by atoms with Crippen molar-refractivity contribution in [3.8, 4) is 0 Å². The SMILES string of the molecule is CC(C)(C)OC(=O)Nc1cccc(/C=C/CN)c1. The van der Waals surface area contributed by atoms with Gasteiger partial charge in [0.2, 0.25) is 0 Å². The first-order chi connectivity index (χ1) is 8.40. The van der Waals surface area contributed by atoms with Crippen LogP contribution in [0, 0.1) is 0 Å². The molecule has 0 aliphatic rings. The van der Waals surface area contributed by atoms with Crippen LogP contribution in [0.15, 0.2) is 30.3 Å². The van der Waals surface area contributed by atoms with E-state index in [1.54, 1.807) is 0 Å². The van der Waals surface area contributed by atoms with Gasteiger partial charge in [0, 0.05) is 12.2 Å². The van der Waals surface area contributed by atoms with Gasteiger partial charge in [-0.25, -0.2) is 4.79 Å². The number of ether oxygens (including phenoxy) is 1. The zero-order chi connectivity index (χ0) is 13.6. The van der Waals surface area contributed by atoms with Crippen molar-refractivity contribution in [2.45, 2.75) is 26.4 Å². The summed E-state index contributed by atoms with van der Waals surface area (Å²) in [5, 5.41) is 2.69. The molecule has 98 valence electrons. The van der Waals surface area contributed by atoms with Crippen LogP contribution >= 0.6 is 0 Å². The lowest BCUT2D eigenvalue weighted by atomic mass is 10.2. The molecule has 1 amide bonds. The zero-order valence-corrected chi connectivity index (χ0v) is 11.1. The molecule has 0 saturated carbocycles. The highest BCUT2D eigenvalue weighted by Crippen LogP contribution is 2.14. The average molecular weight is 248 g/mol. The summed E-state index contributed by atoms with van der Waals surface area (Å²) in [7, 11) is 0. The fourth-order valence-electron chi connectivity index (χ4n) is 1.35. The second-order valence-corrected chi connectivity index (χ2v) is 4.89. The molecule has 4 nitrogen and oxygen atoms in total. The van der Waals surface area contributed by atoms with Crippen molar-refractivity contribution >= 4 is 17.9 Å². The van der Waals surface area contributed by atoms with Crippen LogP contribution in [0.4, 0.5) is 10.5 Å². The fraction of sp³-hybridized carbons (Fsp3) is 0.357. The molecule has 4 heteroatoms. The van der Waals surface area contributed by atoms with Gasteiger partial charge in [0.15, 0.2) is 0 Å². The third-order valence-electron chi connectivity index (χ3n) is 1.98. The van der Waals surface area contributed by atoms with E-state index in [0.717, 1.165) is 5.56 Å². The van der Waals surface area contributed by atoms with Gasteiger partial charge in [-0.1, -0.05) is 24.3 Å².